The smallest absolute Gasteiger partial charge is 0.262 e. The SMILES string of the molecule is Cc1cc(C[C@@H]2CN(Cc3nc4c(cnn4C)c(=O)[nH]3)C[C@H]2O)on1. The number of aliphatic hydroxyl groups excluding tert-OH is 1. The standard InChI is InChI=1S/C16H20N6O3/c1-9-3-11(25-20-9)4-10-6-22(7-13(10)23)8-14-18-15-12(16(24)19-14)5-17-21(15)2/h3,5,10,13,23H,4,6-8H2,1-2H3,(H,18,19,24)/t10-,13-/m1/s1. The molecule has 0 aromatic carbocycles. The van der Waals surface area contributed by atoms with Gasteiger partial charge in [0, 0.05) is 38.5 Å². The molecular weight excluding hydrogens is 324 g/mol. The van der Waals surface area contributed by atoms with Gasteiger partial charge in [-0.25, -0.2) is 4.98 Å². The molecule has 4 heterocycles. The second-order valence-electron chi connectivity index (χ2n) is 6.68. The molecular formula is C16H20N6O3. The highest BCUT2D eigenvalue weighted by molar-refractivity contribution is 5.72. The number of hydrogen-bond acceptors (Lipinski definition) is 7. The molecule has 0 unspecified atom stereocenters. The van der Waals surface area contributed by atoms with Crippen LogP contribution in [-0.2, 0) is 20.0 Å². The van der Waals surface area contributed by atoms with Gasteiger partial charge < -0.3 is 14.6 Å². The number of aryl methyl sites for hydroxylation is 2. The number of aromatic nitrogens is 5. The maximum atomic E-state index is 12.1. The summed E-state index contributed by atoms with van der Waals surface area (Å²) in [6.07, 6.45) is 1.71. The van der Waals surface area contributed by atoms with Crippen LogP contribution in [0.2, 0.25) is 0 Å². The average Bonchev–Trinajstić information content (AvgIpc) is 3.22. The topological polar surface area (TPSA) is 113 Å². The third kappa shape index (κ3) is 3.08. The molecule has 0 spiro atoms. The maximum absolute atomic E-state index is 12.1. The van der Waals surface area contributed by atoms with Gasteiger partial charge in [-0.15, -0.1) is 0 Å². The van der Waals surface area contributed by atoms with Crippen molar-refractivity contribution >= 4 is 11.0 Å². The minimum absolute atomic E-state index is 0.0690. The van der Waals surface area contributed by atoms with Gasteiger partial charge in [0.05, 0.1) is 24.5 Å². The molecule has 1 fully saturated rings. The minimum atomic E-state index is -0.447. The summed E-state index contributed by atoms with van der Waals surface area (Å²) in [5.41, 5.74) is 1.21. The zero-order valence-electron chi connectivity index (χ0n) is 14.1. The van der Waals surface area contributed by atoms with Crippen molar-refractivity contribution in [3.63, 3.8) is 0 Å². The molecule has 0 amide bonds. The summed E-state index contributed by atoms with van der Waals surface area (Å²) in [6, 6.07) is 1.89. The largest absolute Gasteiger partial charge is 0.391 e. The highest BCUT2D eigenvalue weighted by Crippen LogP contribution is 2.23. The molecule has 3 aromatic rings. The van der Waals surface area contributed by atoms with E-state index < -0.39 is 6.10 Å². The first-order valence-electron chi connectivity index (χ1n) is 8.23. The Balaban J connectivity index is 1.48. The molecule has 0 saturated carbocycles. The van der Waals surface area contributed by atoms with Crippen LogP contribution in [0.15, 0.2) is 21.6 Å². The van der Waals surface area contributed by atoms with Crippen molar-refractivity contribution in [2.45, 2.75) is 26.0 Å². The fourth-order valence-corrected chi connectivity index (χ4v) is 3.41. The van der Waals surface area contributed by atoms with Crippen molar-refractivity contribution in [2.75, 3.05) is 13.1 Å². The Labute approximate surface area is 143 Å². The normalized spacial score (nSPS) is 21.4. The lowest BCUT2D eigenvalue weighted by Crippen LogP contribution is -2.24. The van der Waals surface area contributed by atoms with Gasteiger partial charge in [0.1, 0.15) is 17.0 Å². The molecule has 25 heavy (non-hydrogen) atoms. The number of H-pyrrole nitrogens is 1. The van der Waals surface area contributed by atoms with Crippen LogP contribution < -0.4 is 5.56 Å². The van der Waals surface area contributed by atoms with Crippen LogP contribution in [-0.4, -0.2) is 54.1 Å². The second-order valence-corrected chi connectivity index (χ2v) is 6.68. The first-order valence-corrected chi connectivity index (χ1v) is 8.23. The zero-order chi connectivity index (χ0) is 17.6. The molecule has 132 valence electrons. The van der Waals surface area contributed by atoms with Gasteiger partial charge in [0.25, 0.3) is 5.56 Å². The molecule has 1 saturated heterocycles. The number of nitrogens with one attached hydrogen (secondary N) is 1. The molecule has 3 aromatic heterocycles. The third-order valence-electron chi connectivity index (χ3n) is 4.65. The van der Waals surface area contributed by atoms with Crippen molar-refractivity contribution in [2.24, 2.45) is 13.0 Å². The zero-order valence-corrected chi connectivity index (χ0v) is 14.1. The Morgan fingerprint density at radius 1 is 1.44 bits per heavy atom. The van der Waals surface area contributed by atoms with E-state index in [1.54, 1.807) is 11.7 Å². The molecule has 0 radical (unpaired) electrons. The predicted molar refractivity (Wildman–Crippen MR) is 88.8 cm³/mol. The lowest BCUT2D eigenvalue weighted by molar-refractivity contribution is 0.137. The Bertz CT molecular complexity index is 958. The number of aromatic amines is 1. The Morgan fingerprint density at radius 2 is 2.28 bits per heavy atom. The number of likely N-dealkylation sites (tertiary alicyclic amines) is 1. The van der Waals surface area contributed by atoms with E-state index in [0.29, 0.717) is 42.9 Å². The number of β-amino-alcohol motifs (C(OH)–C–C–N with tert-alkyl or cyclic N) is 1. The van der Waals surface area contributed by atoms with E-state index in [2.05, 4.69) is 25.1 Å². The fraction of sp³-hybridized carbons (Fsp3) is 0.500. The van der Waals surface area contributed by atoms with E-state index in [0.717, 1.165) is 11.5 Å². The van der Waals surface area contributed by atoms with Gasteiger partial charge in [-0.2, -0.15) is 5.10 Å². The summed E-state index contributed by atoms with van der Waals surface area (Å²) in [7, 11) is 1.76. The van der Waals surface area contributed by atoms with Crippen LogP contribution in [0.4, 0.5) is 0 Å². The second kappa shape index (κ2) is 6.08. The van der Waals surface area contributed by atoms with Gasteiger partial charge in [-0.3, -0.25) is 14.4 Å². The number of aliphatic hydroxyl groups is 1. The lowest BCUT2D eigenvalue weighted by atomic mass is 10.0. The van der Waals surface area contributed by atoms with Crippen LogP contribution in [0.5, 0.6) is 0 Å². The van der Waals surface area contributed by atoms with Gasteiger partial charge >= 0.3 is 0 Å². The molecule has 4 rings (SSSR count). The molecule has 0 bridgehead atoms. The summed E-state index contributed by atoms with van der Waals surface area (Å²) >= 11 is 0. The Kier molecular flexibility index (Phi) is 3.89. The summed E-state index contributed by atoms with van der Waals surface area (Å²) in [5.74, 6) is 1.43. The minimum Gasteiger partial charge on any atom is -0.391 e. The van der Waals surface area contributed by atoms with E-state index in [1.165, 1.54) is 6.20 Å². The van der Waals surface area contributed by atoms with Crippen molar-refractivity contribution in [1.29, 1.82) is 0 Å². The van der Waals surface area contributed by atoms with Gasteiger partial charge in [0.15, 0.2) is 5.65 Å². The number of rotatable bonds is 4. The lowest BCUT2D eigenvalue weighted by Gasteiger charge is -2.14. The van der Waals surface area contributed by atoms with Crippen molar-refractivity contribution < 1.29 is 9.63 Å². The van der Waals surface area contributed by atoms with Gasteiger partial charge in [-0.1, -0.05) is 5.16 Å². The predicted octanol–water partition coefficient (Wildman–Crippen LogP) is -0.0116. The van der Waals surface area contributed by atoms with E-state index in [-0.39, 0.29) is 11.5 Å². The van der Waals surface area contributed by atoms with Crippen molar-refractivity contribution in [3.8, 4) is 0 Å². The highest BCUT2D eigenvalue weighted by Gasteiger charge is 2.32. The van der Waals surface area contributed by atoms with Gasteiger partial charge in [-0.05, 0) is 6.92 Å². The van der Waals surface area contributed by atoms with E-state index in [4.69, 9.17) is 4.52 Å². The van der Waals surface area contributed by atoms with Crippen LogP contribution in [0.25, 0.3) is 11.0 Å². The van der Waals surface area contributed by atoms with Crippen LogP contribution in [0.1, 0.15) is 17.3 Å². The monoisotopic (exact) mass is 344 g/mol. The summed E-state index contributed by atoms with van der Waals surface area (Å²) in [4.78, 5) is 21.5. The van der Waals surface area contributed by atoms with Crippen LogP contribution in [0, 0.1) is 12.8 Å². The summed E-state index contributed by atoms with van der Waals surface area (Å²) in [6.45, 7) is 3.58. The van der Waals surface area contributed by atoms with E-state index in [9.17, 15) is 9.90 Å². The number of fused-ring (bicyclic) bond motifs is 1. The summed E-state index contributed by atoms with van der Waals surface area (Å²) < 4.78 is 6.83. The average molecular weight is 344 g/mol. The Hall–Kier alpha value is -2.52. The quantitative estimate of drug-likeness (QED) is 0.684. The fourth-order valence-electron chi connectivity index (χ4n) is 3.41. The molecule has 9 nitrogen and oxygen atoms in total. The van der Waals surface area contributed by atoms with E-state index >= 15 is 0 Å². The summed E-state index contributed by atoms with van der Waals surface area (Å²) in [5, 5.41) is 18.8. The highest BCUT2D eigenvalue weighted by atomic mass is 16.5. The maximum Gasteiger partial charge on any atom is 0.262 e. The van der Waals surface area contributed by atoms with Crippen molar-refractivity contribution in [3.05, 3.63) is 39.9 Å². The van der Waals surface area contributed by atoms with Crippen molar-refractivity contribution in [1.82, 2.24) is 29.8 Å². The molecule has 1 aliphatic rings. The molecule has 1 aliphatic heterocycles. The molecule has 2 atom stereocenters. The first kappa shape index (κ1) is 16.0. The molecule has 2 N–H and O–H groups in total. The van der Waals surface area contributed by atoms with Crippen LogP contribution >= 0.6 is 0 Å². The van der Waals surface area contributed by atoms with E-state index in [1.807, 2.05) is 13.0 Å². The Morgan fingerprint density at radius 3 is 3.04 bits per heavy atom. The third-order valence-corrected chi connectivity index (χ3v) is 4.65. The molecule has 9 heteroatoms. The van der Waals surface area contributed by atoms with Crippen LogP contribution in [0.3, 0.4) is 0 Å². The number of hydrogen-bond donors (Lipinski definition) is 2. The number of nitrogens with zero attached hydrogens (tertiary/aromatic N) is 5. The van der Waals surface area contributed by atoms with Gasteiger partial charge in [0.2, 0.25) is 0 Å². The first-order chi connectivity index (χ1) is 12.0. The molecule has 0 aliphatic carbocycles.